The van der Waals surface area contributed by atoms with Gasteiger partial charge in [0.15, 0.2) is 0 Å². The van der Waals surface area contributed by atoms with Crippen molar-refractivity contribution in [2.45, 2.75) is 25.6 Å². The van der Waals surface area contributed by atoms with Gasteiger partial charge in [0.1, 0.15) is 17.7 Å². The van der Waals surface area contributed by atoms with E-state index in [0.717, 1.165) is 29.7 Å². The lowest BCUT2D eigenvalue weighted by atomic mass is 10.0. The molecule has 0 radical (unpaired) electrons. The standard InChI is InChI=1S/C20H23NO3/c1-3-7-15-18(24-2)12-16-17(19(15)22)13-21(20(16)23)11-10-14-8-5-4-6-9-14/h3-6,8-9,12,20,22-23H,1,7,10-11,13H2,2H3. The Morgan fingerprint density at radius 3 is 2.75 bits per heavy atom. The topological polar surface area (TPSA) is 52.9 Å². The number of fused-ring (bicyclic) bond motifs is 1. The molecule has 1 aliphatic heterocycles. The molecule has 2 aromatic rings. The molecule has 0 fully saturated rings. The lowest BCUT2D eigenvalue weighted by molar-refractivity contribution is 0.0144. The van der Waals surface area contributed by atoms with E-state index >= 15 is 0 Å². The molecule has 126 valence electrons. The van der Waals surface area contributed by atoms with Gasteiger partial charge in [-0.2, -0.15) is 0 Å². The van der Waals surface area contributed by atoms with E-state index in [9.17, 15) is 10.2 Å². The predicted molar refractivity (Wildman–Crippen MR) is 94.1 cm³/mol. The number of ether oxygens (including phenoxy) is 1. The van der Waals surface area contributed by atoms with Gasteiger partial charge in [-0.05, 0) is 24.5 Å². The smallest absolute Gasteiger partial charge is 0.134 e. The second kappa shape index (κ2) is 7.07. The number of aliphatic hydroxyl groups is 1. The van der Waals surface area contributed by atoms with Crippen LogP contribution in [0.25, 0.3) is 0 Å². The number of rotatable bonds is 6. The number of hydrogen-bond acceptors (Lipinski definition) is 4. The summed E-state index contributed by atoms with van der Waals surface area (Å²) in [5.74, 6) is 0.806. The van der Waals surface area contributed by atoms with Gasteiger partial charge in [-0.3, -0.25) is 4.90 Å². The maximum Gasteiger partial charge on any atom is 0.134 e. The number of aliphatic hydroxyl groups excluding tert-OH is 1. The molecule has 0 aliphatic carbocycles. The molecular weight excluding hydrogens is 302 g/mol. The van der Waals surface area contributed by atoms with Crippen LogP contribution in [0.15, 0.2) is 49.1 Å². The van der Waals surface area contributed by atoms with Gasteiger partial charge in [0.05, 0.1) is 7.11 Å². The molecular formula is C20H23NO3. The third-order valence-corrected chi connectivity index (χ3v) is 4.59. The van der Waals surface area contributed by atoms with Crippen molar-refractivity contribution in [1.82, 2.24) is 4.90 Å². The van der Waals surface area contributed by atoms with Crippen LogP contribution in [0.3, 0.4) is 0 Å². The summed E-state index contributed by atoms with van der Waals surface area (Å²) in [6.07, 6.45) is 2.40. The molecule has 0 bridgehead atoms. The van der Waals surface area contributed by atoms with Gasteiger partial charge in [0.2, 0.25) is 0 Å². The lowest BCUT2D eigenvalue weighted by Crippen LogP contribution is -2.24. The Hall–Kier alpha value is -2.30. The van der Waals surface area contributed by atoms with Gasteiger partial charge >= 0.3 is 0 Å². The van der Waals surface area contributed by atoms with E-state index in [1.807, 2.05) is 29.2 Å². The minimum Gasteiger partial charge on any atom is -0.507 e. The zero-order valence-corrected chi connectivity index (χ0v) is 13.9. The minimum absolute atomic E-state index is 0.213. The van der Waals surface area contributed by atoms with Crippen molar-refractivity contribution >= 4 is 0 Å². The highest BCUT2D eigenvalue weighted by Gasteiger charge is 2.32. The number of hydrogen-bond donors (Lipinski definition) is 2. The Balaban J connectivity index is 1.82. The molecule has 1 heterocycles. The number of methoxy groups -OCH3 is 1. The number of aromatic hydroxyl groups is 1. The summed E-state index contributed by atoms with van der Waals surface area (Å²) in [5, 5.41) is 21.2. The average molecular weight is 325 g/mol. The fourth-order valence-corrected chi connectivity index (χ4v) is 3.28. The molecule has 1 aliphatic rings. The van der Waals surface area contributed by atoms with Crippen molar-refractivity contribution in [3.8, 4) is 11.5 Å². The van der Waals surface area contributed by atoms with E-state index in [4.69, 9.17) is 4.74 Å². The molecule has 1 unspecified atom stereocenters. The van der Waals surface area contributed by atoms with Gasteiger partial charge in [-0.1, -0.05) is 36.4 Å². The maximum absolute atomic E-state index is 10.6. The predicted octanol–water partition coefficient (Wildman–Crippen LogP) is 3.18. The summed E-state index contributed by atoms with van der Waals surface area (Å²) in [4.78, 5) is 1.97. The molecule has 0 saturated heterocycles. The number of benzene rings is 2. The fourth-order valence-electron chi connectivity index (χ4n) is 3.28. The van der Waals surface area contributed by atoms with Gasteiger partial charge in [0, 0.05) is 29.8 Å². The van der Waals surface area contributed by atoms with E-state index in [1.165, 1.54) is 5.56 Å². The zero-order valence-electron chi connectivity index (χ0n) is 13.9. The summed E-state index contributed by atoms with van der Waals surface area (Å²) in [6, 6.07) is 12.0. The summed E-state index contributed by atoms with van der Waals surface area (Å²) in [7, 11) is 1.57. The van der Waals surface area contributed by atoms with Crippen LogP contribution in [0.2, 0.25) is 0 Å². The molecule has 4 heteroatoms. The van der Waals surface area contributed by atoms with Crippen molar-refractivity contribution in [3.63, 3.8) is 0 Å². The lowest BCUT2D eigenvalue weighted by Gasteiger charge is -2.20. The monoisotopic (exact) mass is 325 g/mol. The third kappa shape index (κ3) is 3.03. The van der Waals surface area contributed by atoms with E-state index < -0.39 is 6.23 Å². The first-order valence-electron chi connectivity index (χ1n) is 8.14. The molecule has 3 rings (SSSR count). The summed E-state index contributed by atoms with van der Waals surface area (Å²) in [6.45, 7) is 4.98. The molecule has 0 aromatic heterocycles. The van der Waals surface area contributed by atoms with Crippen LogP contribution in [0.4, 0.5) is 0 Å². The van der Waals surface area contributed by atoms with Crippen molar-refractivity contribution in [1.29, 1.82) is 0 Å². The largest absolute Gasteiger partial charge is 0.507 e. The van der Waals surface area contributed by atoms with Crippen LogP contribution >= 0.6 is 0 Å². The SMILES string of the molecule is C=CCc1c(OC)cc2c(c1O)CN(CCc1ccccc1)C2O. The van der Waals surface area contributed by atoms with E-state index in [-0.39, 0.29) is 5.75 Å². The zero-order chi connectivity index (χ0) is 17.1. The third-order valence-electron chi connectivity index (χ3n) is 4.59. The van der Waals surface area contributed by atoms with Gasteiger partial charge in [-0.15, -0.1) is 6.58 Å². The highest BCUT2D eigenvalue weighted by Crippen LogP contribution is 2.43. The van der Waals surface area contributed by atoms with Gasteiger partial charge < -0.3 is 14.9 Å². The highest BCUT2D eigenvalue weighted by molar-refractivity contribution is 5.56. The van der Waals surface area contributed by atoms with Gasteiger partial charge in [-0.25, -0.2) is 0 Å². The van der Waals surface area contributed by atoms with Crippen LogP contribution in [0.1, 0.15) is 28.5 Å². The Morgan fingerprint density at radius 1 is 1.33 bits per heavy atom. The first-order valence-corrected chi connectivity index (χ1v) is 8.14. The highest BCUT2D eigenvalue weighted by atomic mass is 16.5. The van der Waals surface area contributed by atoms with Crippen LogP contribution in [-0.4, -0.2) is 28.8 Å². The molecule has 0 saturated carbocycles. The first kappa shape index (κ1) is 16.6. The molecule has 0 amide bonds. The van der Waals surface area contributed by atoms with E-state index in [1.54, 1.807) is 13.2 Å². The molecule has 2 aromatic carbocycles. The van der Waals surface area contributed by atoms with Crippen LogP contribution in [-0.2, 0) is 19.4 Å². The Labute approximate surface area is 142 Å². The van der Waals surface area contributed by atoms with Crippen LogP contribution in [0.5, 0.6) is 11.5 Å². The summed E-state index contributed by atoms with van der Waals surface area (Å²) < 4.78 is 5.38. The number of allylic oxidation sites excluding steroid dienone is 1. The second-order valence-electron chi connectivity index (χ2n) is 6.05. The molecule has 4 nitrogen and oxygen atoms in total. The normalized spacial score (nSPS) is 16.8. The Morgan fingerprint density at radius 2 is 2.08 bits per heavy atom. The first-order chi connectivity index (χ1) is 11.7. The number of nitrogens with zero attached hydrogens (tertiary/aromatic N) is 1. The number of phenols is 1. The van der Waals surface area contributed by atoms with Crippen molar-refractivity contribution < 1.29 is 14.9 Å². The van der Waals surface area contributed by atoms with Crippen LogP contribution in [0, 0.1) is 0 Å². The molecule has 1 atom stereocenters. The number of phenolic OH excluding ortho intramolecular Hbond substituents is 1. The van der Waals surface area contributed by atoms with E-state index in [2.05, 4.69) is 18.7 Å². The maximum atomic E-state index is 10.6. The summed E-state index contributed by atoms with van der Waals surface area (Å²) in [5.41, 5.74) is 3.47. The Kier molecular flexibility index (Phi) is 4.88. The fraction of sp³-hybridized carbons (Fsp3) is 0.300. The molecule has 2 N–H and O–H groups in total. The van der Waals surface area contributed by atoms with Crippen molar-refractivity contribution in [2.75, 3.05) is 13.7 Å². The van der Waals surface area contributed by atoms with Crippen molar-refractivity contribution in [2.24, 2.45) is 0 Å². The average Bonchev–Trinajstić information content (AvgIpc) is 2.93. The summed E-state index contributed by atoms with van der Waals surface area (Å²) >= 11 is 0. The van der Waals surface area contributed by atoms with Crippen molar-refractivity contribution in [3.05, 3.63) is 71.3 Å². The molecule has 24 heavy (non-hydrogen) atoms. The quantitative estimate of drug-likeness (QED) is 0.801. The van der Waals surface area contributed by atoms with E-state index in [0.29, 0.717) is 18.7 Å². The second-order valence-corrected chi connectivity index (χ2v) is 6.05. The Bertz CT molecular complexity index is 727. The molecule has 0 spiro atoms. The minimum atomic E-state index is -0.721. The van der Waals surface area contributed by atoms with Gasteiger partial charge in [0.25, 0.3) is 0 Å². The van der Waals surface area contributed by atoms with Crippen LogP contribution < -0.4 is 4.74 Å².